The SMILES string of the molecule is COc1ccc(Br)c(NC2C3(C)CCC(C3)C2(C)C)c1. The van der Waals surface area contributed by atoms with E-state index < -0.39 is 0 Å². The maximum atomic E-state index is 5.35. The van der Waals surface area contributed by atoms with Crippen LogP contribution in [0.5, 0.6) is 5.75 Å². The Labute approximate surface area is 130 Å². The standard InChI is InChI=1S/C17H24BrNO/c1-16(2)11-7-8-17(3,10-11)15(16)19-14-9-12(20-4)5-6-13(14)18/h5-6,9,11,15,19H,7-8,10H2,1-4H3. The molecule has 110 valence electrons. The minimum absolute atomic E-state index is 0.357. The maximum Gasteiger partial charge on any atom is 0.121 e. The predicted octanol–water partition coefficient (Wildman–Crippen LogP) is 5.08. The highest BCUT2D eigenvalue weighted by molar-refractivity contribution is 9.10. The lowest BCUT2D eigenvalue weighted by molar-refractivity contribution is 0.155. The highest BCUT2D eigenvalue weighted by Gasteiger charge is 2.59. The van der Waals surface area contributed by atoms with E-state index in [-0.39, 0.29) is 0 Å². The Morgan fingerprint density at radius 2 is 2.05 bits per heavy atom. The van der Waals surface area contributed by atoms with Crippen LogP contribution in [0.3, 0.4) is 0 Å². The third-order valence-electron chi connectivity index (χ3n) is 5.74. The summed E-state index contributed by atoms with van der Waals surface area (Å²) in [4.78, 5) is 0. The monoisotopic (exact) mass is 337 g/mol. The summed E-state index contributed by atoms with van der Waals surface area (Å²) in [5.74, 6) is 1.76. The zero-order valence-corrected chi connectivity index (χ0v) is 14.4. The molecule has 2 bridgehead atoms. The summed E-state index contributed by atoms with van der Waals surface area (Å²) in [6.07, 6.45) is 4.10. The van der Waals surface area contributed by atoms with Gasteiger partial charge in [0, 0.05) is 16.6 Å². The molecule has 3 unspecified atom stereocenters. The topological polar surface area (TPSA) is 21.3 Å². The molecule has 0 spiro atoms. The number of hydrogen-bond donors (Lipinski definition) is 1. The molecular weight excluding hydrogens is 314 g/mol. The molecule has 0 heterocycles. The van der Waals surface area contributed by atoms with Gasteiger partial charge in [-0.05, 0) is 64.1 Å². The molecule has 1 aromatic carbocycles. The van der Waals surface area contributed by atoms with E-state index in [2.05, 4.69) is 54.2 Å². The number of methoxy groups -OCH3 is 1. The zero-order valence-electron chi connectivity index (χ0n) is 12.8. The summed E-state index contributed by atoms with van der Waals surface area (Å²) in [5.41, 5.74) is 1.93. The summed E-state index contributed by atoms with van der Waals surface area (Å²) < 4.78 is 6.46. The second-order valence-electron chi connectivity index (χ2n) is 7.34. The van der Waals surface area contributed by atoms with Crippen molar-refractivity contribution in [3.8, 4) is 5.75 Å². The first-order valence-corrected chi connectivity index (χ1v) is 8.26. The molecule has 0 radical (unpaired) electrons. The highest BCUT2D eigenvalue weighted by Crippen LogP contribution is 2.63. The van der Waals surface area contributed by atoms with E-state index >= 15 is 0 Å². The van der Waals surface area contributed by atoms with Crippen LogP contribution in [-0.4, -0.2) is 13.2 Å². The van der Waals surface area contributed by atoms with E-state index in [9.17, 15) is 0 Å². The van der Waals surface area contributed by atoms with Gasteiger partial charge in [0.05, 0.1) is 12.8 Å². The lowest BCUT2D eigenvalue weighted by Crippen LogP contribution is -2.45. The van der Waals surface area contributed by atoms with Gasteiger partial charge < -0.3 is 10.1 Å². The van der Waals surface area contributed by atoms with Gasteiger partial charge in [-0.25, -0.2) is 0 Å². The molecule has 2 aliphatic carbocycles. The molecule has 0 amide bonds. The second-order valence-corrected chi connectivity index (χ2v) is 8.19. The van der Waals surface area contributed by atoms with Crippen LogP contribution >= 0.6 is 15.9 Å². The van der Waals surface area contributed by atoms with Crippen molar-refractivity contribution in [2.45, 2.75) is 46.1 Å². The quantitative estimate of drug-likeness (QED) is 0.829. The molecule has 3 heteroatoms. The molecule has 0 aliphatic heterocycles. The molecule has 3 rings (SSSR count). The Morgan fingerprint density at radius 3 is 2.65 bits per heavy atom. The van der Waals surface area contributed by atoms with Crippen LogP contribution in [0.1, 0.15) is 40.0 Å². The Morgan fingerprint density at radius 1 is 1.30 bits per heavy atom. The molecule has 3 atom stereocenters. The number of ether oxygens (including phenoxy) is 1. The average molecular weight is 338 g/mol. The van der Waals surface area contributed by atoms with E-state index in [0.29, 0.717) is 16.9 Å². The van der Waals surface area contributed by atoms with Gasteiger partial charge in [-0.1, -0.05) is 20.8 Å². The van der Waals surface area contributed by atoms with Crippen molar-refractivity contribution in [1.29, 1.82) is 0 Å². The summed E-state index contributed by atoms with van der Waals surface area (Å²) in [5, 5.41) is 3.82. The minimum atomic E-state index is 0.357. The molecule has 2 nitrogen and oxygen atoms in total. The van der Waals surface area contributed by atoms with Crippen molar-refractivity contribution >= 4 is 21.6 Å². The predicted molar refractivity (Wildman–Crippen MR) is 87.3 cm³/mol. The third-order valence-corrected chi connectivity index (χ3v) is 6.43. The van der Waals surface area contributed by atoms with Crippen molar-refractivity contribution in [2.24, 2.45) is 16.7 Å². The van der Waals surface area contributed by atoms with E-state index in [1.54, 1.807) is 7.11 Å². The molecule has 1 N–H and O–H groups in total. The van der Waals surface area contributed by atoms with Gasteiger partial charge in [0.25, 0.3) is 0 Å². The number of benzene rings is 1. The number of halogens is 1. The van der Waals surface area contributed by atoms with Crippen molar-refractivity contribution in [2.75, 3.05) is 12.4 Å². The van der Waals surface area contributed by atoms with Gasteiger partial charge >= 0.3 is 0 Å². The fourth-order valence-corrected chi connectivity index (χ4v) is 4.92. The van der Waals surface area contributed by atoms with Gasteiger partial charge in [-0.3, -0.25) is 0 Å². The Kier molecular flexibility index (Phi) is 3.32. The van der Waals surface area contributed by atoms with E-state index in [4.69, 9.17) is 4.74 Å². The Hall–Kier alpha value is -0.700. The van der Waals surface area contributed by atoms with Crippen molar-refractivity contribution < 1.29 is 4.74 Å². The summed E-state index contributed by atoms with van der Waals surface area (Å²) in [7, 11) is 1.72. The van der Waals surface area contributed by atoms with Crippen molar-refractivity contribution in [3.05, 3.63) is 22.7 Å². The maximum absolute atomic E-state index is 5.35. The summed E-state index contributed by atoms with van der Waals surface area (Å²) in [6.45, 7) is 7.30. The normalized spacial score (nSPS) is 34.2. The third kappa shape index (κ3) is 2.05. The van der Waals surface area contributed by atoms with Crippen LogP contribution in [0, 0.1) is 16.7 Å². The minimum Gasteiger partial charge on any atom is -0.497 e. The fourth-order valence-electron chi connectivity index (χ4n) is 4.56. The highest BCUT2D eigenvalue weighted by atomic mass is 79.9. The number of nitrogens with one attached hydrogen (secondary N) is 1. The average Bonchev–Trinajstić information content (AvgIpc) is 2.88. The number of hydrogen-bond acceptors (Lipinski definition) is 2. The first kappa shape index (κ1) is 14.2. The molecule has 0 saturated heterocycles. The van der Waals surface area contributed by atoms with E-state index in [0.717, 1.165) is 21.8 Å². The largest absolute Gasteiger partial charge is 0.497 e. The number of anilines is 1. The van der Waals surface area contributed by atoms with Gasteiger partial charge in [-0.2, -0.15) is 0 Å². The van der Waals surface area contributed by atoms with E-state index in [1.807, 2.05) is 6.07 Å². The van der Waals surface area contributed by atoms with Crippen LogP contribution in [0.15, 0.2) is 22.7 Å². The lowest BCUT2D eigenvalue weighted by atomic mass is 9.68. The zero-order chi connectivity index (χ0) is 14.5. The smallest absolute Gasteiger partial charge is 0.121 e. The molecule has 2 fully saturated rings. The van der Waals surface area contributed by atoms with Crippen LogP contribution in [0.2, 0.25) is 0 Å². The van der Waals surface area contributed by atoms with Crippen molar-refractivity contribution in [1.82, 2.24) is 0 Å². The molecule has 2 aliphatic rings. The van der Waals surface area contributed by atoms with Gasteiger partial charge in [0.15, 0.2) is 0 Å². The van der Waals surface area contributed by atoms with Crippen molar-refractivity contribution in [3.63, 3.8) is 0 Å². The molecule has 2 saturated carbocycles. The number of rotatable bonds is 3. The first-order chi connectivity index (χ1) is 9.37. The van der Waals surface area contributed by atoms with Gasteiger partial charge in [0.1, 0.15) is 5.75 Å². The first-order valence-electron chi connectivity index (χ1n) is 7.47. The fraction of sp³-hybridized carbons (Fsp3) is 0.647. The molecule has 1 aromatic rings. The summed E-state index contributed by atoms with van der Waals surface area (Å²) in [6, 6.07) is 6.67. The molecule has 20 heavy (non-hydrogen) atoms. The second kappa shape index (κ2) is 4.66. The number of fused-ring (bicyclic) bond motifs is 2. The summed E-state index contributed by atoms with van der Waals surface area (Å²) >= 11 is 3.66. The molecule has 0 aromatic heterocycles. The van der Waals surface area contributed by atoms with Gasteiger partial charge in [0.2, 0.25) is 0 Å². The van der Waals surface area contributed by atoms with E-state index in [1.165, 1.54) is 19.3 Å². The Balaban J connectivity index is 1.91. The van der Waals surface area contributed by atoms with Crippen LogP contribution in [0.25, 0.3) is 0 Å². The van der Waals surface area contributed by atoms with Gasteiger partial charge in [-0.15, -0.1) is 0 Å². The van der Waals surface area contributed by atoms with Crippen LogP contribution in [-0.2, 0) is 0 Å². The Bertz CT molecular complexity index is 523. The molecular formula is C17H24BrNO. The van der Waals surface area contributed by atoms with Crippen LogP contribution < -0.4 is 10.1 Å². The lowest BCUT2D eigenvalue weighted by Gasteiger charge is -2.43. The van der Waals surface area contributed by atoms with Crippen LogP contribution in [0.4, 0.5) is 5.69 Å².